The Bertz CT molecular complexity index is 898. The van der Waals surface area contributed by atoms with Crippen LogP contribution in [0.1, 0.15) is 21.6 Å². The van der Waals surface area contributed by atoms with E-state index in [4.69, 9.17) is 11.6 Å². The van der Waals surface area contributed by atoms with E-state index in [0.29, 0.717) is 21.9 Å². The number of aromatic nitrogens is 2. The molecule has 0 atom stereocenters. The Labute approximate surface area is 125 Å². The quantitative estimate of drug-likeness (QED) is 0.684. The molecule has 0 radical (unpaired) electrons. The second-order valence-electron chi connectivity index (χ2n) is 4.64. The van der Waals surface area contributed by atoms with Crippen LogP contribution in [0.5, 0.6) is 0 Å². The highest BCUT2D eigenvalue weighted by Gasteiger charge is 2.18. The van der Waals surface area contributed by atoms with Gasteiger partial charge in [0.05, 0.1) is 5.69 Å². The highest BCUT2D eigenvalue weighted by Crippen LogP contribution is 2.14. The molecule has 0 aliphatic rings. The summed E-state index contributed by atoms with van der Waals surface area (Å²) in [5.41, 5.74) is 1.08. The second-order valence-corrected chi connectivity index (χ2v) is 5.08. The van der Waals surface area contributed by atoms with Crippen LogP contribution in [0, 0.1) is 6.92 Å². The number of benzene rings is 1. The van der Waals surface area contributed by atoms with Gasteiger partial charge >= 0.3 is 0 Å². The Morgan fingerprint density at radius 3 is 2.57 bits per heavy atom. The Morgan fingerprint density at radius 1 is 1.14 bits per heavy atom. The van der Waals surface area contributed by atoms with Crippen molar-refractivity contribution in [3.63, 3.8) is 0 Å². The summed E-state index contributed by atoms with van der Waals surface area (Å²) in [5.74, 6) is -0.347. The molecule has 4 nitrogen and oxygen atoms in total. The van der Waals surface area contributed by atoms with Crippen molar-refractivity contribution in [1.82, 2.24) is 9.38 Å². The molecule has 0 amide bonds. The van der Waals surface area contributed by atoms with Crippen LogP contribution in [0.4, 0.5) is 0 Å². The standard InChI is InChI=1S/C16H11ClN2O2/c1-10-14(15(20)11-5-7-12(17)8-6-11)16(21)19-9-3-2-4-13(19)18-10/h2-9H,1H3. The summed E-state index contributed by atoms with van der Waals surface area (Å²) in [6, 6.07) is 11.7. The first kappa shape index (κ1) is 13.5. The highest BCUT2D eigenvalue weighted by atomic mass is 35.5. The molecule has 0 spiro atoms. The number of carbonyl (C=O) groups excluding carboxylic acids is 1. The van der Waals surface area contributed by atoms with Crippen LogP contribution in [-0.4, -0.2) is 15.2 Å². The highest BCUT2D eigenvalue weighted by molar-refractivity contribution is 6.30. The van der Waals surface area contributed by atoms with Crippen molar-refractivity contribution < 1.29 is 4.79 Å². The Morgan fingerprint density at radius 2 is 1.86 bits per heavy atom. The van der Waals surface area contributed by atoms with Crippen LogP contribution >= 0.6 is 11.6 Å². The van der Waals surface area contributed by atoms with Gasteiger partial charge in [-0.25, -0.2) is 4.98 Å². The van der Waals surface area contributed by atoms with Gasteiger partial charge in [-0.05, 0) is 43.3 Å². The van der Waals surface area contributed by atoms with Crippen molar-refractivity contribution in [1.29, 1.82) is 0 Å². The number of pyridine rings is 1. The molecule has 2 aromatic heterocycles. The number of aryl methyl sites for hydroxylation is 1. The van der Waals surface area contributed by atoms with Gasteiger partial charge in [-0.3, -0.25) is 14.0 Å². The van der Waals surface area contributed by atoms with E-state index in [9.17, 15) is 9.59 Å². The number of ketones is 1. The molecule has 1 aromatic carbocycles. The summed E-state index contributed by atoms with van der Waals surface area (Å²) in [7, 11) is 0. The number of hydrogen-bond acceptors (Lipinski definition) is 3. The first-order chi connectivity index (χ1) is 10.1. The molecular formula is C16H11ClN2O2. The minimum atomic E-state index is -0.363. The molecule has 0 aliphatic heterocycles. The zero-order valence-electron chi connectivity index (χ0n) is 11.2. The fourth-order valence-corrected chi connectivity index (χ4v) is 2.33. The van der Waals surface area contributed by atoms with E-state index in [2.05, 4.69) is 4.98 Å². The Kier molecular flexibility index (Phi) is 3.31. The fourth-order valence-electron chi connectivity index (χ4n) is 2.21. The number of hydrogen-bond donors (Lipinski definition) is 0. The zero-order valence-corrected chi connectivity index (χ0v) is 12.0. The van der Waals surface area contributed by atoms with E-state index in [1.807, 2.05) is 0 Å². The van der Waals surface area contributed by atoms with E-state index in [1.54, 1.807) is 55.6 Å². The van der Waals surface area contributed by atoms with Gasteiger partial charge in [0.15, 0.2) is 5.78 Å². The van der Waals surface area contributed by atoms with Gasteiger partial charge in [0, 0.05) is 16.8 Å². The number of nitrogens with zero attached hydrogens (tertiary/aromatic N) is 2. The topological polar surface area (TPSA) is 51.4 Å². The van der Waals surface area contributed by atoms with E-state index >= 15 is 0 Å². The first-order valence-electron chi connectivity index (χ1n) is 6.36. The summed E-state index contributed by atoms with van der Waals surface area (Å²) in [6.45, 7) is 1.66. The van der Waals surface area contributed by atoms with Gasteiger partial charge in [0.1, 0.15) is 11.2 Å². The van der Waals surface area contributed by atoms with Gasteiger partial charge in [0.25, 0.3) is 5.56 Å². The first-order valence-corrected chi connectivity index (χ1v) is 6.74. The van der Waals surface area contributed by atoms with Crippen LogP contribution in [0.2, 0.25) is 5.02 Å². The molecule has 0 unspecified atom stereocenters. The molecule has 2 heterocycles. The normalized spacial score (nSPS) is 10.8. The number of carbonyl (C=O) groups is 1. The van der Waals surface area contributed by atoms with Gasteiger partial charge in [0.2, 0.25) is 0 Å². The predicted octanol–water partition coefficient (Wildman–Crippen LogP) is 2.89. The maximum atomic E-state index is 12.5. The van der Waals surface area contributed by atoms with E-state index in [0.717, 1.165) is 0 Å². The largest absolute Gasteiger partial charge is 0.288 e. The van der Waals surface area contributed by atoms with Crippen molar-refractivity contribution in [2.24, 2.45) is 0 Å². The van der Waals surface area contributed by atoms with Crippen molar-refractivity contribution in [2.75, 3.05) is 0 Å². The summed E-state index contributed by atoms with van der Waals surface area (Å²) in [6.07, 6.45) is 1.60. The summed E-state index contributed by atoms with van der Waals surface area (Å²) >= 11 is 5.81. The van der Waals surface area contributed by atoms with Crippen molar-refractivity contribution in [3.05, 3.63) is 80.9 Å². The van der Waals surface area contributed by atoms with E-state index < -0.39 is 0 Å². The minimum Gasteiger partial charge on any atom is -0.288 e. The molecule has 3 aromatic rings. The van der Waals surface area contributed by atoms with Crippen molar-refractivity contribution in [2.45, 2.75) is 6.92 Å². The molecule has 0 N–H and O–H groups in total. The molecule has 3 rings (SSSR count). The smallest absolute Gasteiger partial charge is 0.269 e. The third-order valence-corrected chi connectivity index (χ3v) is 3.50. The van der Waals surface area contributed by atoms with Crippen LogP contribution in [0.15, 0.2) is 53.5 Å². The number of halogens is 1. The van der Waals surface area contributed by atoms with Crippen LogP contribution in [-0.2, 0) is 0 Å². The molecule has 0 saturated heterocycles. The fraction of sp³-hybridized carbons (Fsp3) is 0.0625. The van der Waals surface area contributed by atoms with Gasteiger partial charge in [-0.2, -0.15) is 0 Å². The van der Waals surface area contributed by atoms with E-state index in [-0.39, 0.29) is 16.9 Å². The Hall–Kier alpha value is -2.46. The van der Waals surface area contributed by atoms with Crippen LogP contribution < -0.4 is 5.56 Å². The zero-order chi connectivity index (χ0) is 15.0. The minimum absolute atomic E-state index is 0.0843. The summed E-state index contributed by atoms with van der Waals surface area (Å²) in [4.78, 5) is 29.4. The second kappa shape index (κ2) is 5.14. The maximum Gasteiger partial charge on any atom is 0.269 e. The molecule has 0 bridgehead atoms. The lowest BCUT2D eigenvalue weighted by atomic mass is 10.0. The van der Waals surface area contributed by atoms with Gasteiger partial charge in [-0.15, -0.1) is 0 Å². The average Bonchev–Trinajstić information content (AvgIpc) is 2.48. The molecule has 0 aliphatic carbocycles. The molecule has 21 heavy (non-hydrogen) atoms. The number of fused-ring (bicyclic) bond motifs is 1. The molecule has 0 fully saturated rings. The lowest BCUT2D eigenvalue weighted by Crippen LogP contribution is -2.25. The van der Waals surface area contributed by atoms with Gasteiger partial charge in [-0.1, -0.05) is 17.7 Å². The molecular weight excluding hydrogens is 288 g/mol. The predicted molar refractivity (Wildman–Crippen MR) is 81.1 cm³/mol. The number of rotatable bonds is 2. The Balaban J connectivity index is 2.22. The summed E-state index contributed by atoms with van der Waals surface area (Å²) in [5, 5.41) is 0.539. The van der Waals surface area contributed by atoms with Crippen LogP contribution in [0.25, 0.3) is 5.65 Å². The van der Waals surface area contributed by atoms with Gasteiger partial charge < -0.3 is 0 Å². The molecule has 5 heteroatoms. The molecule has 0 saturated carbocycles. The average molecular weight is 299 g/mol. The van der Waals surface area contributed by atoms with Crippen LogP contribution in [0.3, 0.4) is 0 Å². The lowest BCUT2D eigenvalue weighted by molar-refractivity contribution is 0.103. The lowest BCUT2D eigenvalue weighted by Gasteiger charge is -2.07. The summed E-state index contributed by atoms with van der Waals surface area (Å²) < 4.78 is 1.37. The SMILES string of the molecule is Cc1nc2ccccn2c(=O)c1C(=O)c1ccc(Cl)cc1. The van der Waals surface area contributed by atoms with E-state index in [1.165, 1.54) is 4.40 Å². The monoisotopic (exact) mass is 298 g/mol. The van der Waals surface area contributed by atoms with Crippen molar-refractivity contribution >= 4 is 23.0 Å². The third kappa shape index (κ3) is 2.34. The third-order valence-electron chi connectivity index (χ3n) is 3.25. The molecule has 104 valence electrons. The maximum absolute atomic E-state index is 12.5. The van der Waals surface area contributed by atoms with Crippen molar-refractivity contribution in [3.8, 4) is 0 Å².